The molecule has 1 amide bonds. The normalized spacial score (nSPS) is 9.38. The topological polar surface area (TPSA) is 50.4 Å². The fourth-order valence-electron chi connectivity index (χ4n) is 0.982. The molecule has 0 fully saturated rings. The van der Waals surface area contributed by atoms with Crippen molar-refractivity contribution in [2.45, 2.75) is 6.92 Å². The van der Waals surface area contributed by atoms with Crippen LogP contribution in [0.15, 0.2) is 24.3 Å². The molecule has 0 saturated heterocycles. The number of benzene rings is 1. The van der Waals surface area contributed by atoms with E-state index in [1.807, 2.05) is 18.2 Å². The molecule has 0 aromatic heterocycles. The Morgan fingerprint density at radius 3 is 2.69 bits per heavy atom. The van der Waals surface area contributed by atoms with Crippen LogP contribution >= 0.6 is 0 Å². The SMILES string of the molecule is CONc1cccc(NC(C)=O)c1. The molecule has 0 spiro atoms. The molecule has 13 heavy (non-hydrogen) atoms. The van der Waals surface area contributed by atoms with E-state index in [2.05, 4.69) is 10.8 Å². The van der Waals surface area contributed by atoms with E-state index in [4.69, 9.17) is 4.84 Å². The molecule has 4 nitrogen and oxygen atoms in total. The van der Waals surface area contributed by atoms with Gasteiger partial charge in [0.05, 0.1) is 12.8 Å². The standard InChI is InChI=1S/C9H12N2O2/c1-7(12)10-8-4-3-5-9(6-8)11-13-2/h3-6,11H,1-2H3,(H,10,12). The van der Waals surface area contributed by atoms with Crippen molar-refractivity contribution in [3.05, 3.63) is 24.3 Å². The summed E-state index contributed by atoms with van der Waals surface area (Å²) in [6.45, 7) is 1.47. The van der Waals surface area contributed by atoms with E-state index in [1.165, 1.54) is 14.0 Å². The summed E-state index contributed by atoms with van der Waals surface area (Å²) in [5, 5.41) is 2.67. The number of hydrogen-bond donors (Lipinski definition) is 2. The van der Waals surface area contributed by atoms with Crippen molar-refractivity contribution in [1.29, 1.82) is 0 Å². The molecule has 1 rings (SSSR count). The Kier molecular flexibility index (Phi) is 3.28. The van der Waals surface area contributed by atoms with Crippen LogP contribution in [-0.4, -0.2) is 13.0 Å². The van der Waals surface area contributed by atoms with Crippen LogP contribution in [-0.2, 0) is 9.63 Å². The zero-order chi connectivity index (χ0) is 9.68. The molecule has 0 aliphatic rings. The van der Waals surface area contributed by atoms with Crippen molar-refractivity contribution in [3.63, 3.8) is 0 Å². The smallest absolute Gasteiger partial charge is 0.221 e. The summed E-state index contributed by atoms with van der Waals surface area (Å²) in [5.74, 6) is -0.0884. The highest BCUT2D eigenvalue weighted by molar-refractivity contribution is 5.89. The molecular formula is C9H12N2O2. The first-order chi connectivity index (χ1) is 6.22. The van der Waals surface area contributed by atoms with Gasteiger partial charge in [0.25, 0.3) is 0 Å². The first-order valence-corrected chi connectivity index (χ1v) is 3.89. The van der Waals surface area contributed by atoms with Gasteiger partial charge in [-0.15, -0.1) is 0 Å². The second-order valence-electron chi connectivity index (χ2n) is 2.57. The zero-order valence-corrected chi connectivity index (χ0v) is 7.63. The van der Waals surface area contributed by atoms with E-state index in [-0.39, 0.29) is 5.91 Å². The minimum atomic E-state index is -0.0884. The Bertz CT molecular complexity index is 299. The quantitative estimate of drug-likeness (QED) is 0.695. The van der Waals surface area contributed by atoms with Crippen LogP contribution in [0.3, 0.4) is 0 Å². The lowest BCUT2D eigenvalue weighted by Crippen LogP contribution is -2.06. The molecule has 0 aliphatic heterocycles. The maximum Gasteiger partial charge on any atom is 0.221 e. The highest BCUT2D eigenvalue weighted by atomic mass is 16.6. The summed E-state index contributed by atoms with van der Waals surface area (Å²) in [5.41, 5.74) is 4.21. The van der Waals surface area contributed by atoms with Crippen molar-refractivity contribution >= 4 is 17.3 Å². The van der Waals surface area contributed by atoms with Crippen LogP contribution in [0.1, 0.15) is 6.92 Å². The predicted molar refractivity (Wildman–Crippen MR) is 51.4 cm³/mol. The summed E-state index contributed by atoms with van der Waals surface area (Å²) >= 11 is 0. The first-order valence-electron chi connectivity index (χ1n) is 3.89. The Hall–Kier alpha value is -1.55. The fraction of sp³-hybridized carbons (Fsp3) is 0.222. The van der Waals surface area contributed by atoms with Crippen molar-refractivity contribution in [3.8, 4) is 0 Å². The molecule has 1 aromatic rings. The third kappa shape index (κ3) is 3.13. The molecule has 0 heterocycles. The summed E-state index contributed by atoms with van der Waals surface area (Å²) in [4.78, 5) is 15.4. The molecule has 2 N–H and O–H groups in total. The average Bonchev–Trinajstić information content (AvgIpc) is 2.04. The third-order valence-corrected chi connectivity index (χ3v) is 1.40. The van der Waals surface area contributed by atoms with E-state index < -0.39 is 0 Å². The zero-order valence-electron chi connectivity index (χ0n) is 7.63. The number of hydrogen-bond acceptors (Lipinski definition) is 3. The lowest BCUT2D eigenvalue weighted by molar-refractivity contribution is -0.114. The second kappa shape index (κ2) is 4.47. The van der Waals surface area contributed by atoms with Crippen LogP contribution in [0, 0.1) is 0 Å². The van der Waals surface area contributed by atoms with Gasteiger partial charge in [0.1, 0.15) is 0 Å². The van der Waals surface area contributed by atoms with Crippen LogP contribution in [0.2, 0.25) is 0 Å². The molecule has 0 radical (unpaired) electrons. The Morgan fingerprint density at radius 2 is 2.08 bits per heavy atom. The van der Waals surface area contributed by atoms with Gasteiger partial charge in [-0.05, 0) is 18.2 Å². The van der Waals surface area contributed by atoms with Gasteiger partial charge in [0.2, 0.25) is 5.91 Å². The fourth-order valence-corrected chi connectivity index (χ4v) is 0.982. The molecule has 0 saturated carbocycles. The van der Waals surface area contributed by atoms with E-state index in [0.717, 1.165) is 11.4 Å². The molecule has 0 unspecified atom stereocenters. The minimum absolute atomic E-state index is 0.0884. The number of nitrogens with one attached hydrogen (secondary N) is 2. The number of carbonyl (C=O) groups excluding carboxylic acids is 1. The molecule has 0 atom stereocenters. The van der Waals surface area contributed by atoms with Crippen molar-refractivity contribution in [1.82, 2.24) is 0 Å². The largest absolute Gasteiger partial charge is 0.326 e. The first kappa shape index (κ1) is 9.54. The van der Waals surface area contributed by atoms with E-state index in [0.29, 0.717) is 0 Å². The highest BCUT2D eigenvalue weighted by Crippen LogP contribution is 2.14. The Balaban J connectivity index is 2.73. The van der Waals surface area contributed by atoms with Gasteiger partial charge in [-0.1, -0.05) is 6.07 Å². The number of rotatable bonds is 3. The maximum atomic E-state index is 10.7. The summed E-state index contributed by atoms with van der Waals surface area (Å²) < 4.78 is 0. The van der Waals surface area contributed by atoms with Gasteiger partial charge in [-0.3, -0.25) is 15.1 Å². The van der Waals surface area contributed by atoms with Crippen molar-refractivity contribution in [2.24, 2.45) is 0 Å². The van der Waals surface area contributed by atoms with Crippen molar-refractivity contribution < 1.29 is 9.63 Å². The lowest BCUT2D eigenvalue weighted by Gasteiger charge is -2.05. The van der Waals surface area contributed by atoms with Crippen LogP contribution in [0.4, 0.5) is 11.4 Å². The van der Waals surface area contributed by atoms with E-state index in [1.54, 1.807) is 6.07 Å². The summed E-state index contributed by atoms with van der Waals surface area (Å²) in [6, 6.07) is 7.26. The number of anilines is 2. The lowest BCUT2D eigenvalue weighted by atomic mass is 10.3. The van der Waals surface area contributed by atoms with Gasteiger partial charge in [0, 0.05) is 12.6 Å². The van der Waals surface area contributed by atoms with Crippen LogP contribution in [0.5, 0.6) is 0 Å². The molecule has 0 aliphatic carbocycles. The van der Waals surface area contributed by atoms with E-state index in [9.17, 15) is 4.79 Å². The molecule has 0 bridgehead atoms. The summed E-state index contributed by atoms with van der Waals surface area (Å²) in [6.07, 6.45) is 0. The Labute approximate surface area is 76.9 Å². The van der Waals surface area contributed by atoms with Crippen LogP contribution in [0.25, 0.3) is 0 Å². The van der Waals surface area contributed by atoms with Gasteiger partial charge in [-0.2, -0.15) is 0 Å². The van der Waals surface area contributed by atoms with Gasteiger partial charge >= 0.3 is 0 Å². The monoisotopic (exact) mass is 180 g/mol. The summed E-state index contributed by atoms with van der Waals surface area (Å²) in [7, 11) is 1.53. The van der Waals surface area contributed by atoms with E-state index >= 15 is 0 Å². The average molecular weight is 180 g/mol. The maximum absolute atomic E-state index is 10.7. The third-order valence-electron chi connectivity index (χ3n) is 1.40. The molecule has 1 aromatic carbocycles. The van der Waals surface area contributed by atoms with Crippen molar-refractivity contribution in [2.75, 3.05) is 17.9 Å². The predicted octanol–water partition coefficient (Wildman–Crippen LogP) is 1.62. The molecule has 70 valence electrons. The van der Waals surface area contributed by atoms with Crippen LogP contribution < -0.4 is 10.8 Å². The second-order valence-corrected chi connectivity index (χ2v) is 2.57. The Morgan fingerprint density at radius 1 is 1.38 bits per heavy atom. The number of amides is 1. The van der Waals surface area contributed by atoms with Gasteiger partial charge in [0.15, 0.2) is 0 Å². The highest BCUT2D eigenvalue weighted by Gasteiger charge is 1.96. The number of carbonyl (C=O) groups is 1. The van der Waals surface area contributed by atoms with Gasteiger partial charge in [-0.25, -0.2) is 0 Å². The molecular weight excluding hydrogens is 168 g/mol. The molecule has 4 heteroatoms. The van der Waals surface area contributed by atoms with Gasteiger partial charge < -0.3 is 5.32 Å². The minimum Gasteiger partial charge on any atom is -0.326 e.